The molecule has 0 fully saturated rings. The highest BCUT2D eigenvalue weighted by Crippen LogP contribution is 2.23. The molecule has 0 atom stereocenters. The zero-order chi connectivity index (χ0) is 17.5. The number of benzene rings is 1. The third kappa shape index (κ3) is 4.90. The molecular formula is C18H18ClN5S. The summed E-state index contributed by atoms with van der Waals surface area (Å²) in [6.45, 7) is 2.12. The standard InChI is InChI=1S/C18H18ClN5S/c1-2-4-17-22-23-18(25-13-14-6-8-16(19)9-7-14)24(17)21-12-15-5-3-10-20-11-15/h3,5-12H,2,4,13H2,1H3/b21-12+. The van der Waals surface area contributed by atoms with E-state index in [1.54, 1.807) is 30.4 Å². The molecule has 2 aromatic heterocycles. The molecular weight excluding hydrogens is 354 g/mol. The second-order valence-corrected chi connectivity index (χ2v) is 6.79. The van der Waals surface area contributed by atoms with Gasteiger partial charge in [0.05, 0.1) is 6.21 Å². The van der Waals surface area contributed by atoms with Crippen LogP contribution in [0.2, 0.25) is 5.02 Å². The molecule has 3 aromatic rings. The van der Waals surface area contributed by atoms with Gasteiger partial charge in [0.2, 0.25) is 5.16 Å². The first kappa shape index (κ1) is 17.6. The van der Waals surface area contributed by atoms with E-state index < -0.39 is 0 Å². The zero-order valence-electron chi connectivity index (χ0n) is 13.8. The van der Waals surface area contributed by atoms with Crippen molar-refractivity contribution in [1.82, 2.24) is 19.9 Å². The van der Waals surface area contributed by atoms with Gasteiger partial charge in [-0.15, -0.1) is 10.2 Å². The average Bonchev–Trinajstić information content (AvgIpc) is 3.02. The Morgan fingerprint density at radius 3 is 2.76 bits per heavy atom. The van der Waals surface area contributed by atoms with E-state index in [1.165, 1.54) is 5.56 Å². The van der Waals surface area contributed by atoms with Gasteiger partial charge in [-0.2, -0.15) is 9.78 Å². The smallest absolute Gasteiger partial charge is 0.212 e. The monoisotopic (exact) mass is 371 g/mol. The fourth-order valence-corrected chi connectivity index (χ4v) is 3.17. The summed E-state index contributed by atoms with van der Waals surface area (Å²) in [4.78, 5) is 4.10. The average molecular weight is 372 g/mol. The Bertz CT molecular complexity index is 830. The third-order valence-corrected chi connectivity index (χ3v) is 4.68. The van der Waals surface area contributed by atoms with Gasteiger partial charge >= 0.3 is 0 Å². The number of hydrogen-bond donors (Lipinski definition) is 0. The van der Waals surface area contributed by atoms with Crippen LogP contribution in [0.4, 0.5) is 0 Å². The Labute approximate surface area is 156 Å². The summed E-state index contributed by atoms with van der Waals surface area (Å²) < 4.78 is 1.82. The van der Waals surface area contributed by atoms with Gasteiger partial charge in [-0.05, 0) is 30.2 Å². The number of pyridine rings is 1. The van der Waals surface area contributed by atoms with Gasteiger partial charge in [0.25, 0.3) is 0 Å². The number of aromatic nitrogens is 4. The van der Waals surface area contributed by atoms with E-state index in [0.29, 0.717) is 0 Å². The van der Waals surface area contributed by atoms with E-state index in [9.17, 15) is 0 Å². The highest BCUT2D eigenvalue weighted by Gasteiger charge is 2.11. The van der Waals surface area contributed by atoms with Crippen LogP contribution in [0.1, 0.15) is 30.3 Å². The fourth-order valence-electron chi connectivity index (χ4n) is 2.19. The minimum absolute atomic E-state index is 0.739. The SMILES string of the molecule is CCCc1nnc(SCc2ccc(Cl)cc2)n1/N=C/c1cccnc1. The van der Waals surface area contributed by atoms with Crippen molar-refractivity contribution in [3.05, 3.63) is 70.8 Å². The summed E-state index contributed by atoms with van der Waals surface area (Å²) >= 11 is 7.54. The van der Waals surface area contributed by atoms with Gasteiger partial charge in [0.15, 0.2) is 5.82 Å². The lowest BCUT2D eigenvalue weighted by molar-refractivity contribution is 0.700. The van der Waals surface area contributed by atoms with Crippen LogP contribution in [0, 0.1) is 0 Å². The summed E-state index contributed by atoms with van der Waals surface area (Å²) in [6, 6.07) is 11.7. The number of thioether (sulfide) groups is 1. The van der Waals surface area contributed by atoms with Crippen molar-refractivity contribution in [2.75, 3.05) is 0 Å². The molecule has 0 saturated heterocycles. The van der Waals surface area contributed by atoms with Gasteiger partial charge in [0, 0.05) is 35.2 Å². The van der Waals surface area contributed by atoms with Gasteiger partial charge in [0.1, 0.15) is 0 Å². The Morgan fingerprint density at radius 2 is 2.04 bits per heavy atom. The molecule has 7 heteroatoms. The van der Waals surface area contributed by atoms with Crippen LogP contribution in [0.25, 0.3) is 0 Å². The summed E-state index contributed by atoms with van der Waals surface area (Å²) in [6.07, 6.45) is 7.11. The maximum atomic E-state index is 5.93. The van der Waals surface area contributed by atoms with Gasteiger partial charge in [-0.3, -0.25) is 4.98 Å². The predicted molar refractivity (Wildman–Crippen MR) is 102 cm³/mol. The molecule has 0 saturated carbocycles. The largest absolute Gasteiger partial charge is 0.264 e. The lowest BCUT2D eigenvalue weighted by Crippen LogP contribution is -2.00. The van der Waals surface area contributed by atoms with Crippen LogP contribution in [0.3, 0.4) is 0 Å². The van der Waals surface area contributed by atoms with Crippen LogP contribution >= 0.6 is 23.4 Å². The van der Waals surface area contributed by atoms with Crippen LogP contribution < -0.4 is 0 Å². The molecule has 128 valence electrons. The second-order valence-electron chi connectivity index (χ2n) is 5.41. The first-order valence-electron chi connectivity index (χ1n) is 8.02. The maximum absolute atomic E-state index is 5.93. The molecule has 5 nitrogen and oxygen atoms in total. The Balaban J connectivity index is 1.78. The van der Waals surface area contributed by atoms with Crippen molar-refractivity contribution in [2.45, 2.75) is 30.7 Å². The molecule has 2 heterocycles. The number of halogens is 1. The molecule has 0 N–H and O–H groups in total. The summed E-state index contributed by atoms with van der Waals surface area (Å²) in [5, 5.41) is 14.7. The van der Waals surface area contributed by atoms with E-state index in [1.807, 2.05) is 41.1 Å². The highest BCUT2D eigenvalue weighted by molar-refractivity contribution is 7.98. The molecule has 3 rings (SSSR count). The second kappa shape index (κ2) is 8.78. The summed E-state index contributed by atoms with van der Waals surface area (Å²) in [5.74, 6) is 1.64. The van der Waals surface area contributed by atoms with Gasteiger partial charge in [-0.1, -0.05) is 48.5 Å². The zero-order valence-corrected chi connectivity index (χ0v) is 15.4. The molecule has 0 aliphatic carbocycles. The van der Waals surface area contributed by atoms with E-state index in [-0.39, 0.29) is 0 Å². The van der Waals surface area contributed by atoms with Crippen molar-refractivity contribution in [1.29, 1.82) is 0 Å². The molecule has 0 amide bonds. The number of aryl methyl sites for hydroxylation is 1. The molecule has 0 aliphatic rings. The summed E-state index contributed by atoms with van der Waals surface area (Å²) in [5.41, 5.74) is 2.12. The molecule has 0 aliphatic heterocycles. The predicted octanol–water partition coefficient (Wildman–Crippen LogP) is 4.45. The first-order chi connectivity index (χ1) is 12.3. The first-order valence-corrected chi connectivity index (χ1v) is 9.38. The molecule has 0 spiro atoms. The van der Waals surface area contributed by atoms with Crippen molar-refractivity contribution in [3.63, 3.8) is 0 Å². The van der Waals surface area contributed by atoms with Crippen molar-refractivity contribution in [3.8, 4) is 0 Å². The minimum Gasteiger partial charge on any atom is -0.264 e. The number of rotatable bonds is 7. The lowest BCUT2D eigenvalue weighted by Gasteiger charge is -2.04. The topological polar surface area (TPSA) is 56.0 Å². The Morgan fingerprint density at radius 1 is 1.20 bits per heavy atom. The van der Waals surface area contributed by atoms with Crippen molar-refractivity contribution in [2.24, 2.45) is 5.10 Å². The van der Waals surface area contributed by atoms with E-state index >= 15 is 0 Å². The van der Waals surface area contributed by atoms with Crippen molar-refractivity contribution < 1.29 is 0 Å². The molecule has 0 radical (unpaired) electrons. The van der Waals surface area contributed by atoms with E-state index in [0.717, 1.165) is 40.2 Å². The highest BCUT2D eigenvalue weighted by atomic mass is 35.5. The number of hydrogen-bond acceptors (Lipinski definition) is 5. The third-order valence-electron chi connectivity index (χ3n) is 3.44. The quantitative estimate of drug-likeness (QED) is 0.454. The van der Waals surface area contributed by atoms with E-state index in [4.69, 9.17) is 11.6 Å². The Hall–Kier alpha value is -2.18. The normalized spacial score (nSPS) is 11.3. The molecule has 1 aromatic carbocycles. The maximum Gasteiger partial charge on any atom is 0.212 e. The van der Waals surface area contributed by atoms with E-state index in [2.05, 4.69) is 27.2 Å². The molecule has 25 heavy (non-hydrogen) atoms. The number of nitrogens with zero attached hydrogens (tertiary/aromatic N) is 5. The van der Waals surface area contributed by atoms with Crippen molar-refractivity contribution >= 4 is 29.6 Å². The van der Waals surface area contributed by atoms with Gasteiger partial charge in [-0.25, -0.2) is 0 Å². The molecule has 0 unspecified atom stereocenters. The van der Waals surface area contributed by atoms with Crippen LogP contribution in [-0.4, -0.2) is 26.1 Å². The fraction of sp³-hybridized carbons (Fsp3) is 0.222. The Kier molecular flexibility index (Phi) is 6.19. The lowest BCUT2D eigenvalue weighted by atomic mass is 10.2. The van der Waals surface area contributed by atoms with Gasteiger partial charge < -0.3 is 0 Å². The minimum atomic E-state index is 0.739. The summed E-state index contributed by atoms with van der Waals surface area (Å²) in [7, 11) is 0. The van der Waals surface area contributed by atoms with Crippen LogP contribution in [-0.2, 0) is 12.2 Å². The van der Waals surface area contributed by atoms with Crippen LogP contribution in [0.5, 0.6) is 0 Å². The van der Waals surface area contributed by atoms with Crippen LogP contribution in [0.15, 0.2) is 59.0 Å². The molecule has 0 bridgehead atoms.